The van der Waals surface area contributed by atoms with Crippen LogP contribution in [0.15, 0.2) is 66.8 Å². The van der Waals surface area contributed by atoms with Gasteiger partial charge in [0.05, 0.1) is 0 Å². The highest BCUT2D eigenvalue weighted by Crippen LogP contribution is 2.12. The van der Waals surface area contributed by atoms with Crippen LogP contribution in [0.4, 0.5) is 0 Å². The van der Waals surface area contributed by atoms with Crippen molar-refractivity contribution in [1.29, 1.82) is 0 Å². The molecular formula is C18H24. The Hall–Kier alpha value is -1.56. The van der Waals surface area contributed by atoms with Gasteiger partial charge in [0.15, 0.2) is 0 Å². The van der Waals surface area contributed by atoms with Crippen molar-refractivity contribution in [1.82, 2.24) is 0 Å². The molecule has 1 aromatic carbocycles. The van der Waals surface area contributed by atoms with Crippen molar-refractivity contribution < 1.29 is 0 Å². The number of benzene rings is 1. The van der Waals surface area contributed by atoms with E-state index < -0.39 is 0 Å². The SMILES string of the molecule is C=C(C=CCC)C(C)C=CCCc1ccccc1. The predicted octanol–water partition coefficient (Wildman–Crippen LogP) is 5.33. The zero-order valence-corrected chi connectivity index (χ0v) is 11.6. The van der Waals surface area contributed by atoms with Crippen LogP contribution in [-0.4, -0.2) is 0 Å². The van der Waals surface area contributed by atoms with Crippen molar-refractivity contribution in [3.8, 4) is 0 Å². The Morgan fingerprint density at radius 3 is 2.61 bits per heavy atom. The molecule has 0 spiro atoms. The van der Waals surface area contributed by atoms with Gasteiger partial charge in [0, 0.05) is 0 Å². The molecule has 0 heterocycles. The van der Waals surface area contributed by atoms with Crippen LogP contribution >= 0.6 is 0 Å². The molecule has 0 N–H and O–H groups in total. The lowest BCUT2D eigenvalue weighted by molar-refractivity contribution is 0.877. The van der Waals surface area contributed by atoms with E-state index in [4.69, 9.17) is 0 Å². The zero-order chi connectivity index (χ0) is 13.2. The lowest BCUT2D eigenvalue weighted by atomic mass is 10.0. The van der Waals surface area contributed by atoms with Crippen LogP contribution in [0, 0.1) is 5.92 Å². The summed E-state index contributed by atoms with van der Waals surface area (Å²) in [6, 6.07) is 10.6. The summed E-state index contributed by atoms with van der Waals surface area (Å²) in [6.07, 6.45) is 12.1. The molecule has 1 atom stereocenters. The summed E-state index contributed by atoms with van der Waals surface area (Å²) in [4.78, 5) is 0. The lowest BCUT2D eigenvalue weighted by Gasteiger charge is -2.05. The Bertz CT molecular complexity index is 395. The van der Waals surface area contributed by atoms with Crippen LogP contribution in [0.5, 0.6) is 0 Å². The van der Waals surface area contributed by atoms with Gasteiger partial charge in [0.25, 0.3) is 0 Å². The van der Waals surface area contributed by atoms with E-state index in [0.29, 0.717) is 5.92 Å². The van der Waals surface area contributed by atoms with Gasteiger partial charge in [-0.25, -0.2) is 0 Å². The van der Waals surface area contributed by atoms with E-state index >= 15 is 0 Å². The van der Waals surface area contributed by atoms with Crippen molar-refractivity contribution in [2.45, 2.75) is 33.1 Å². The molecule has 0 fully saturated rings. The van der Waals surface area contributed by atoms with Crippen LogP contribution in [0.2, 0.25) is 0 Å². The molecule has 0 aliphatic carbocycles. The first-order chi connectivity index (χ1) is 8.74. The maximum absolute atomic E-state index is 4.09. The van der Waals surface area contributed by atoms with E-state index in [2.05, 4.69) is 75.1 Å². The van der Waals surface area contributed by atoms with E-state index in [9.17, 15) is 0 Å². The molecule has 0 amide bonds. The van der Waals surface area contributed by atoms with Gasteiger partial charge in [-0.1, -0.05) is 75.1 Å². The zero-order valence-electron chi connectivity index (χ0n) is 11.6. The fourth-order valence-corrected chi connectivity index (χ4v) is 1.74. The predicted molar refractivity (Wildman–Crippen MR) is 81.6 cm³/mol. The van der Waals surface area contributed by atoms with Crippen molar-refractivity contribution in [2.24, 2.45) is 5.92 Å². The Labute approximate surface area is 112 Å². The van der Waals surface area contributed by atoms with E-state index in [0.717, 1.165) is 19.3 Å². The maximum Gasteiger partial charge on any atom is -0.00164 e. The van der Waals surface area contributed by atoms with Gasteiger partial charge in [-0.3, -0.25) is 0 Å². The quantitative estimate of drug-likeness (QED) is 0.446. The molecule has 1 rings (SSSR count). The van der Waals surface area contributed by atoms with Gasteiger partial charge in [-0.15, -0.1) is 0 Å². The van der Waals surface area contributed by atoms with Gasteiger partial charge < -0.3 is 0 Å². The molecule has 1 aromatic rings. The Morgan fingerprint density at radius 2 is 1.94 bits per heavy atom. The topological polar surface area (TPSA) is 0 Å². The Balaban J connectivity index is 2.32. The minimum atomic E-state index is 0.434. The third-order valence-corrected chi connectivity index (χ3v) is 3.02. The van der Waals surface area contributed by atoms with Crippen molar-refractivity contribution in [3.05, 3.63) is 72.4 Å². The first-order valence-electron chi connectivity index (χ1n) is 6.80. The van der Waals surface area contributed by atoms with Gasteiger partial charge >= 0.3 is 0 Å². The summed E-state index contributed by atoms with van der Waals surface area (Å²) < 4.78 is 0. The molecule has 0 bridgehead atoms. The van der Waals surface area contributed by atoms with Crippen molar-refractivity contribution >= 4 is 0 Å². The van der Waals surface area contributed by atoms with E-state index in [-0.39, 0.29) is 0 Å². The van der Waals surface area contributed by atoms with E-state index in [1.54, 1.807) is 0 Å². The van der Waals surface area contributed by atoms with Crippen LogP contribution < -0.4 is 0 Å². The number of allylic oxidation sites excluding steroid dienone is 5. The average molecular weight is 240 g/mol. The minimum absolute atomic E-state index is 0.434. The monoisotopic (exact) mass is 240 g/mol. The van der Waals surface area contributed by atoms with Crippen LogP contribution in [0.1, 0.15) is 32.3 Å². The smallest absolute Gasteiger partial charge is 0.00164 e. The third-order valence-electron chi connectivity index (χ3n) is 3.02. The minimum Gasteiger partial charge on any atom is -0.0953 e. The molecule has 0 saturated carbocycles. The lowest BCUT2D eigenvalue weighted by Crippen LogP contribution is -1.91. The molecule has 0 radical (unpaired) electrons. The normalized spacial score (nSPS) is 13.2. The van der Waals surface area contributed by atoms with Gasteiger partial charge in [-0.05, 0) is 36.3 Å². The molecular weight excluding hydrogens is 216 g/mol. The van der Waals surface area contributed by atoms with Gasteiger partial charge in [-0.2, -0.15) is 0 Å². The molecule has 18 heavy (non-hydrogen) atoms. The highest BCUT2D eigenvalue weighted by Gasteiger charge is 1.97. The van der Waals surface area contributed by atoms with Crippen LogP contribution in [-0.2, 0) is 6.42 Å². The molecule has 0 nitrogen and oxygen atoms in total. The highest BCUT2D eigenvalue weighted by atomic mass is 14.0. The molecule has 1 unspecified atom stereocenters. The maximum atomic E-state index is 4.09. The third kappa shape index (κ3) is 5.67. The molecule has 96 valence electrons. The molecule has 0 saturated heterocycles. The Kier molecular flexibility index (Phi) is 6.86. The summed E-state index contributed by atoms with van der Waals surface area (Å²) in [5, 5.41) is 0. The molecule has 0 aromatic heterocycles. The van der Waals surface area contributed by atoms with Crippen molar-refractivity contribution in [3.63, 3.8) is 0 Å². The summed E-state index contributed by atoms with van der Waals surface area (Å²) in [5.41, 5.74) is 2.59. The van der Waals surface area contributed by atoms with Gasteiger partial charge in [0.2, 0.25) is 0 Å². The molecule has 0 heteroatoms. The number of hydrogen-bond donors (Lipinski definition) is 0. The Morgan fingerprint density at radius 1 is 1.22 bits per heavy atom. The second kappa shape index (κ2) is 8.52. The second-order valence-electron chi connectivity index (χ2n) is 4.63. The van der Waals surface area contributed by atoms with Crippen LogP contribution in [0.25, 0.3) is 0 Å². The summed E-state index contributed by atoms with van der Waals surface area (Å²) in [7, 11) is 0. The van der Waals surface area contributed by atoms with Crippen molar-refractivity contribution in [2.75, 3.05) is 0 Å². The summed E-state index contributed by atoms with van der Waals surface area (Å²) in [5.74, 6) is 0.434. The number of hydrogen-bond acceptors (Lipinski definition) is 0. The number of rotatable bonds is 7. The number of aryl methyl sites for hydroxylation is 1. The largest absolute Gasteiger partial charge is 0.0953 e. The first kappa shape index (κ1) is 14.5. The first-order valence-corrected chi connectivity index (χ1v) is 6.80. The standard InChI is InChI=1S/C18H24/c1-4-5-11-16(2)17(3)12-9-10-15-18-13-7-6-8-14-18/h5-9,11-14,17H,2,4,10,15H2,1,3H3. The van der Waals surface area contributed by atoms with E-state index in [1.807, 2.05) is 0 Å². The van der Waals surface area contributed by atoms with E-state index in [1.165, 1.54) is 11.1 Å². The fraction of sp³-hybridized carbons (Fsp3) is 0.333. The van der Waals surface area contributed by atoms with Gasteiger partial charge in [0.1, 0.15) is 0 Å². The summed E-state index contributed by atoms with van der Waals surface area (Å²) >= 11 is 0. The second-order valence-corrected chi connectivity index (χ2v) is 4.63. The summed E-state index contributed by atoms with van der Waals surface area (Å²) in [6.45, 7) is 8.43. The molecule has 0 aliphatic rings. The highest BCUT2D eigenvalue weighted by molar-refractivity contribution is 5.21. The fourth-order valence-electron chi connectivity index (χ4n) is 1.74. The molecule has 0 aliphatic heterocycles. The average Bonchev–Trinajstić information content (AvgIpc) is 2.41. The van der Waals surface area contributed by atoms with Crippen LogP contribution in [0.3, 0.4) is 0 Å².